The van der Waals surface area contributed by atoms with Gasteiger partial charge in [-0.15, -0.1) is 11.3 Å². The van der Waals surface area contributed by atoms with Gasteiger partial charge in [0.1, 0.15) is 0 Å². The third-order valence-electron chi connectivity index (χ3n) is 2.79. The van der Waals surface area contributed by atoms with Crippen molar-refractivity contribution in [3.63, 3.8) is 0 Å². The van der Waals surface area contributed by atoms with E-state index in [0.717, 1.165) is 42.9 Å². The molecule has 0 unspecified atom stereocenters. The van der Waals surface area contributed by atoms with Crippen LogP contribution < -0.4 is 0 Å². The molecule has 1 fully saturated rings. The lowest BCUT2D eigenvalue weighted by Crippen LogP contribution is -2.48. The molecule has 0 atom stereocenters. The summed E-state index contributed by atoms with van der Waals surface area (Å²) < 4.78 is 0. The third-order valence-corrected chi connectivity index (χ3v) is 4.00. The minimum absolute atomic E-state index is 0.188. The Morgan fingerprint density at radius 3 is 2.69 bits per heavy atom. The van der Waals surface area contributed by atoms with Crippen molar-refractivity contribution in [3.8, 4) is 0 Å². The highest BCUT2D eigenvalue weighted by atomic mass is 79.9. The van der Waals surface area contributed by atoms with Gasteiger partial charge in [0.05, 0.1) is 4.88 Å². The highest BCUT2D eigenvalue weighted by molar-refractivity contribution is 9.09. The summed E-state index contributed by atoms with van der Waals surface area (Å²) in [6, 6.07) is 3.83. The number of rotatable bonds is 3. The van der Waals surface area contributed by atoms with E-state index in [4.69, 9.17) is 0 Å². The first kappa shape index (κ1) is 12.1. The lowest BCUT2D eigenvalue weighted by atomic mass is 10.3. The summed E-state index contributed by atoms with van der Waals surface area (Å²) in [6.07, 6.45) is 0. The summed E-state index contributed by atoms with van der Waals surface area (Å²) in [5, 5.41) is 2.96. The smallest absolute Gasteiger partial charge is 0.264 e. The molecule has 2 rings (SSSR count). The Kier molecular flexibility index (Phi) is 4.37. The van der Waals surface area contributed by atoms with Gasteiger partial charge >= 0.3 is 0 Å². The van der Waals surface area contributed by atoms with Gasteiger partial charge < -0.3 is 4.90 Å². The van der Waals surface area contributed by atoms with E-state index >= 15 is 0 Å². The van der Waals surface area contributed by atoms with E-state index in [1.54, 1.807) is 0 Å². The predicted molar refractivity (Wildman–Crippen MR) is 70.5 cm³/mol. The lowest BCUT2D eigenvalue weighted by molar-refractivity contribution is 0.0650. The molecule has 0 aromatic carbocycles. The SMILES string of the molecule is O=C(c1cccs1)N1CCN(CCBr)CC1. The minimum atomic E-state index is 0.188. The van der Waals surface area contributed by atoms with Gasteiger partial charge in [0.15, 0.2) is 0 Å². The number of amides is 1. The predicted octanol–water partition coefficient (Wildman–Crippen LogP) is 1.90. The molecular weight excluding hydrogens is 288 g/mol. The second-order valence-corrected chi connectivity index (χ2v) is 5.54. The third kappa shape index (κ3) is 2.84. The van der Waals surface area contributed by atoms with Crippen molar-refractivity contribution in [2.45, 2.75) is 0 Å². The zero-order valence-corrected chi connectivity index (χ0v) is 11.5. The van der Waals surface area contributed by atoms with Crippen LogP contribution in [0.15, 0.2) is 17.5 Å². The maximum absolute atomic E-state index is 12.0. The molecule has 1 aliphatic rings. The summed E-state index contributed by atoms with van der Waals surface area (Å²) in [7, 11) is 0. The first-order chi connectivity index (χ1) is 7.81. The van der Waals surface area contributed by atoms with E-state index in [1.165, 1.54) is 11.3 Å². The zero-order valence-electron chi connectivity index (χ0n) is 9.06. The Hall–Kier alpha value is -0.390. The average molecular weight is 303 g/mol. The topological polar surface area (TPSA) is 23.6 Å². The molecule has 1 aromatic rings. The second-order valence-electron chi connectivity index (χ2n) is 3.80. The molecule has 5 heteroatoms. The van der Waals surface area contributed by atoms with E-state index in [0.29, 0.717) is 0 Å². The average Bonchev–Trinajstić information content (AvgIpc) is 2.83. The first-order valence-electron chi connectivity index (χ1n) is 5.42. The molecule has 88 valence electrons. The second kappa shape index (κ2) is 5.80. The van der Waals surface area contributed by atoms with Crippen LogP contribution in [0.4, 0.5) is 0 Å². The Bertz CT molecular complexity index is 334. The monoisotopic (exact) mass is 302 g/mol. The number of thiophene rings is 1. The van der Waals surface area contributed by atoms with Gasteiger partial charge in [-0.3, -0.25) is 9.69 Å². The minimum Gasteiger partial charge on any atom is -0.335 e. The Labute approximate surface area is 108 Å². The Morgan fingerprint density at radius 1 is 1.38 bits per heavy atom. The van der Waals surface area contributed by atoms with Crippen molar-refractivity contribution in [1.29, 1.82) is 0 Å². The quantitative estimate of drug-likeness (QED) is 0.796. The van der Waals surface area contributed by atoms with Crippen LogP contribution in [0, 0.1) is 0 Å². The van der Waals surface area contributed by atoms with Crippen LogP contribution in [0.1, 0.15) is 9.67 Å². The number of hydrogen-bond acceptors (Lipinski definition) is 3. The first-order valence-corrected chi connectivity index (χ1v) is 7.42. The van der Waals surface area contributed by atoms with E-state index in [-0.39, 0.29) is 5.91 Å². The summed E-state index contributed by atoms with van der Waals surface area (Å²) in [5.74, 6) is 0.188. The van der Waals surface area contributed by atoms with Crippen LogP contribution in [0.2, 0.25) is 0 Å². The summed E-state index contributed by atoms with van der Waals surface area (Å²) in [4.78, 5) is 17.2. The van der Waals surface area contributed by atoms with Crippen LogP contribution in [0.3, 0.4) is 0 Å². The van der Waals surface area contributed by atoms with Gasteiger partial charge in [-0.05, 0) is 11.4 Å². The summed E-state index contributed by atoms with van der Waals surface area (Å²) in [6.45, 7) is 4.75. The van der Waals surface area contributed by atoms with Crippen LogP contribution in [-0.4, -0.2) is 53.8 Å². The van der Waals surface area contributed by atoms with Gasteiger partial charge in [0.2, 0.25) is 0 Å². The molecule has 0 saturated carbocycles. The number of carbonyl (C=O) groups is 1. The van der Waals surface area contributed by atoms with Gasteiger partial charge in [-0.25, -0.2) is 0 Å². The van der Waals surface area contributed by atoms with Crippen molar-refractivity contribution in [2.24, 2.45) is 0 Å². The zero-order chi connectivity index (χ0) is 11.4. The molecule has 0 radical (unpaired) electrons. The molecule has 0 aliphatic carbocycles. The van der Waals surface area contributed by atoms with Crippen molar-refractivity contribution < 1.29 is 4.79 Å². The van der Waals surface area contributed by atoms with Crippen LogP contribution in [-0.2, 0) is 0 Å². The summed E-state index contributed by atoms with van der Waals surface area (Å²) in [5.41, 5.74) is 0. The number of hydrogen-bond donors (Lipinski definition) is 0. The molecule has 3 nitrogen and oxygen atoms in total. The van der Waals surface area contributed by atoms with Crippen LogP contribution in [0.25, 0.3) is 0 Å². The maximum atomic E-state index is 12.0. The highest BCUT2D eigenvalue weighted by Gasteiger charge is 2.21. The van der Waals surface area contributed by atoms with Crippen molar-refractivity contribution >= 4 is 33.2 Å². The number of piperazine rings is 1. The largest absolute Gasteiger partial charge is 0.335 e. The number of carbonyl (C=O) groups excluding carboxylic acids is 1. The van der Waals surface area contributed by atoms with Crippen molar-refractivity contribution in [3.05, 3.63) is 22.4 Å². The van der Waals surface area contributed by atoms with E-state index in [2.05, 4.69) is 20.8 Å². The molecule has 0 bridgehead atoms. The number of nitrogens with zero attached hydrogens (tertiary/aromatic N) is 2. The van der Waals surface area contributed by atoms with Gasteiger partial charge in [-0.2, -0.15) is 0 Å². The Balaban J connectivity index is 1.87. The maximum Gasteiger partial charge on any atom is 0.264 e. The fraction of sp³-hybridized carbons (Fsp3) is 0.545. The molecule has 1 aromatic heterocycles. The normalized spacial score (nSPS) is 17.7. The molecule has 1 saturated heterocycles. The van der Waals surface area contributed by atoms with Crippen LogP contribution in [0.5, 0.6) is 0 Å². The fourth-order valence-electron chi connectivity index (χ4n) is 1.85. The van der Waals surface area contributed by atoms with Gasteiger partial charge in [0, 0.05) is 38.1 Å². The highest BCUT2D eigenvalue weighted by Crippen LogP contribution is 2.13. The molecule has 0 N–H and O–H groups in total. The standard InChI is InChI=1S/C11H15BrN2OS/c12-3-4-13-5-7-14(8-6-13)11(15)10-2-1-9-16-10/h1-2,9H,3-8H2. The van der Waals surface area contributed by atoms with Crippen molar-refractivity contribution in [1.82, 2.24) is 9.80 Å². The van der Waals surface area contributed by atoms with Gasteiger partial charge in [0.25, 0.3) is 5.91 Å². The molecule has 2 heterocycles. The number of halogens is 1. The fourth-order valence-corrected chi connectivity index (χ4v) is 3.04. The van der Waals surface area contributed by atoms with E-state index in [9.17, 15) is 4.79 Å². The summed E-state index contributed by atoms with van der Waals surface area (Å²) >= 11 is 4.96. The number of alkyl halides is 1. The van der Waals surface area contributed by atoms with E-state index < -0.39 is 0 Å². The lowest BCUT2D eigenvalue weighted by Gasteiger charge is -2.34. The Morgan fingerprint density at radius 2 is 2.12 bits per heavy atom. The van der Waals surface area contributed by atoms with Crippen LogP contribution >= 0.6 is 27.3 Å². The molecule has 0 spiro atoms. The van der Waals surface area contributed by atoms with E-state index in [1.807, 2.05) is 22.4 Å². The molecule has 1 amide bonds. The van der Waals surface area contributed by atoms with Gasteiger partial charge in [-0.1, -0.05) is 22.0 Å². The molecule has 16 heavy (non-hydrogen) atoms. The molecule has 1 aliphatic heterocycles. The van der Waals surface area contributed by atoms with Crippen molar-refractivity contribution in [2.75, 3.05) is 38.1 Å². The molecular formula is C11H15BrN2OS.